The summed E-state index contributed by atoms with van der Waals surface area (Å²) in [6.45, 7) is 5.13. The molecule has 0 saturated carbocycles. The Hall–Kier alpha value is -1.43. The number of aliphatic hydroxyl groups is 3. The molecule has 0 aromatic rings. The summed E-state index contributed by atoms with van der Waals surface area (Å²) in [5, 5.41) is 35.2. The summed E-state index contributed by atoms with van der Waals surface area (Å²) >= 11 is 0. The Morgan fingerprint density at radius 1 is 1.10 bits per heavy atom. The van der Waals surface area contributed by atoms with Crippen LogP contribution in [0.1, 0.15) is 40.0 Å². The number of aliphatic hydroxyl groups excluding tert-OH is 3. The minimum absolute atomic E-state index is 0.0190. The van der Waals surface area contributed by atoms with E-state index in [-0.39, 0.29) is 55.2 Å². The molecule has 0 radical (unpaired) electrons. The van der Waals surface area contributed by atoms with Crippen molar-refractivity contribution >= 4 is 17.5 Å². The number of hydrogen-bond donors (Lipinski definition) is 5. The van der Waals surface area contributed by atoms with Gasteiger partial charge in [-0.2, -0.15) is 0 Å². The number of rotatable bonds is 12. The number of carbonyl (C=O) groups excluding carboxylic acids is 3. The minimum Gasteiger partial charge on any atom is -0.388 e. The highest BCUT2D eigenvalue weighted by Gasteiger charge is 2.43. The first-order valence-electron chi connectivity index (χ1n) is 10.2. The van der Waals surface area contributed by atoms with E-state index in [1.54, 1.807) is 7.05 Å². The van der Waals surface area contributed by atoms with Crippen LogP contribution < -0.4 is 10.6 Å². The summed E-state index contributed by atoms with van der Waals surface area (Å²) in [5.41, 5.74) is 0. The van der Waals surface area contributed by atoms with E-state index in [4.69, 9.17) is 9.47 Å². The Kier molecular flexibility index (Phi) is 11.0. The van der Waals surface area contributed by atoms with E-state index in [1.807, 2.05) is 13.8 Å². The van der Waals surface area contributed by atoms with Crippen LogP contribution >= 0.6 is 0 Å². The molecule has 1 unspecified atom stereocenters. The average molecular weight is 433 g/mol. The van der Waals surface area contributed by atoms with Crippen molar-refractivity contribution in [3.63, 3.8) is 0 Å². The van der Waals surface area contributed by atoms with Crippen LogP contribution in [0.25, 0.3) is 0 Å². The summed E-state index contributed by atoms with van der Waals surface area (Å²) in [7, 11) is 2.99. The van der Waals surface area contributed by atoms with Gasteiger partial charge < -0.3 is 35.4 Å². The monoisotopic (exact) mass is 432 g/mol. The van der Waals surface area contributed by atoms with Crippen molar-refractivity contribution in [2.45, 2.75) is 76.8 Å². The van der Waals surface area contributed by atoms with Crippen molar-refractivity contribution in [3.8, 4) is 0 Å². The maximum absolute atomic E-state index is 12.4. The highest BCUT2D eigenvalue weighted by molar-refractivity contribution is 5.90. The third-order valence-electron chi connectivity index (χ3n) is 5.47. The van der Waals surface area contributed by atoms with Crippen molar-refractivity contribution < 1.29 is 39.2 Å². The van der Waals surface area contributed by atoms with E-state index in [0.717, 1.165) is 0 Å². The molecule has 7 atom stereocenters. The molecule has 1 fully saturated rings. The highest BCUT2D eigenvalue weighted by Crippen LogP contribution is 2.21. The fourth-order valence-corrected chi connectivity index (χ4v) is 3.57. The maximum Gasteiger partial charge on any atom is 0.220 e. The molecule has 1 aliphatic rings. The molecule has 0 aromatic heterocycles. The van der Waals surface area contributed by atoms with Crippen LogP contribution in [0.4, 0.5) is 0 Å². The zero-order valence-corrected chi connectivity index (χ0v) is 18.3. The van der Waals surface area contributed by atoms with Gasteiger partial charge in [0.1, 0.15) is 30.2 Å². The predicted octanol–water partition coefficient (Wildman–Crippen LogP) is -1.25. The molecular formula is C20H36N2O8. The van der Waals surface area contributed by atoms with Crippen molar-refractivity contribution in [2.75, 3.05) is 20.7 Å². The molecule has 30 heavy (non-hydrogen) atoms. The van der Waals surface area contributed by atoms with E-state index in [2.05, 4.69) is 10.6 Å². The van der Waals surface area contributed by atoms with Gasteiger partial charge in [0.15, 0.2) is 12.1 Å². The lowest BCUT2D eigenvalue weighted by Crippen LogP contribution is -2.60. The first-order valence-corrected chi connectivity index (χ1v) is 10.2. The second kappa shape index (κ2) is 12.4. The van der Waals surface area contributed by atoms with Gasteiger partial charge in [-0.05, 0) is 26.3 Å². The minimum atomic E-state index is -1.47. The highest BCUT2D eigenvalue weighted by atomic mass is 16.7. The maximum atomic E-state index is 12.4. The summed E-state index contributed by atoms with van der Waals surface area (Å²) in [5.74, 6) is -1.06. The van der Waals surface area contributed by atoms with Crippen LogP contribution in [0.15, 0.2) is 0 Å². The predicted molar refractivity (Wildman–Crippen MR) is 107 cm³/mol. The third-order valence-corrected chi connectivity index (χ3v) is 5.47. The Morgan fingerprint density at radius 3 is 2.23 bits per heavy atom. The standard InChI is InChI=1S/C20H36N2O8/c1-10(2)16(21-4)13(24)8-12(11(3)23)6-7-15(25)22-9-14-17(26)18(27)19(28)20(29-5)30-14/h10,12,14,16-21,26-28H,6-9H2,1-5H3,(H,22,25)/t12-,14?,16+,17-,18+,19-,20-/m1/s1. The number of likely N-dealkylation sites (N-methyl/N-ethyl adjacent to an activating group) is 1. The smallest absolute Gasteiger partial charge is 0.220 e. The van der Waals surface area contributed by atoms with Crippen LogP contribution in [0.5, 0.6) is 0 Å². The van der Waals surface area contributed by atoms with Crippen LogP contribution in [-0.4, -0.2) is 90.2 Å². The van der Waals surface area contributed by atoms with Gasteiger partial charge >= 0.3 is 0 Å². The Bertz CT molecular complexity index is 583. The fourth-order valence-electron chi connectivity index (χ4n) is 3.57. The summed E-state index contributed by atoms with van der Waals surface area (Å²) in [6, 6.07) is -0.346. The molecular weight excluding hydrogens is 396 g/mol. The van der Waals surface area contributed by atoms with E-state index in [1.165, 1.54) is 14.0 Å². The molecule has 0 bridgehead atoms. The lowest BCUT2D eigenvalue weighted by molar-refractivity contribution is -0.288. The van der Waals surface area contributed by atoms with Gasteiger partial charge in [-0.25, -0.2) is 0 Å². The zero-order valence-electron chi connectivity index (χ0n) is 18.3. The first kappa shape index (κ1) is 26.6. The van der Waals surface area contributed by atoms with Crippen molar-refractivity contribution in [1.29, 1.82) is 0 Å². The van der Waals surface area contributed by atoms with Crippen molar-refractivity contribution in [3.05, 3.63) is 0 Å². The summed E-state index contributed by atoms with van der Waals surface area (Å²) in [4.78, 5) is 36.6. The largest absolute Gasteiger partial charge is 0.388 e. The number of carbonyl (C=O) groups is 3. The van der Waals surface area contributed by atoms with Crippen LogP contribution in [-0.2, 0) is 23.9 Å². The average Bonchev–Trinajstić information content (AvgIpc) is 2.68. The van der Waals surface area contributed by atoms with E-state index in [0.29, 0.717) is 0 Å². The molecule has 1 amide bonds. The molecule has 10 heteroatoms. The number of ether oxygens (including phenoxy) is 2. The Labute approximate surface area is 177 Å². The molecule has 1 aliphatic heterocycles. The van der Waals surface area contributed by atoms with Gasteiger partial charge in [0.25, 0.3) is 0 Å². The van der Waals surface area contributed by atoms with Gasteiger partial charge in [0.2, 0.25) is 5.91 Å². The van der Waals surface area contributed by atoms with Crippen LogP contribution in [0.2, 0.25) is 0 Å². The second-order valence-corrected chi connectivity index (χ2v) is 8.08. The van der Waals surface area contributed by atoms with E-state index >= 15 is 0 Å². The number of nitrogens with one attached hydrogen (secondary N) is 2. The van der Waals surface area contributed by atoms with E-state index < -0.39 is 36.6 Å². The number of amides is 1. The molecule has 10 nitrogen and oxygen atoms in total. The van der Waals surface area contributed by atoms with Gasteiger partial charge in [0, 0.05) is 32.4 Å². The summed E-state index contributed by atoms with van der Waals surface area (Å²) < 4.78 is 10.3. The molecule has 0 aliphatic carbocycles. The normalized spacial score (nSPS) is 28.8. The fraction of sp³-hybridized carbons (Fsp3) is 0.850. The molecule has 0 spiro atoms. The lowest BCUT2D eigenvalue weighted by Gasteiger charge is -2.39. The quantitative estimate of drug-likeness (QED) is 0.254. The van der Waals surface area contributed by atoms with Gasteiger partial charge in [0.05, 0.1) is 6.04 Å². The first-order chi connectivity index (χ1) is 14.0. The van der Waals surface area contributed by atoms with E-state index in [9.17, 15) is 29.7 Å². The van der Waals surface area contributed by atoms with Gasteiger partial charge in [-0.3, -0.25) is 14.4 Å². The van der Waals surface area contributed by atoms with Crippen LogP contribution in [0.3, 0.4) is 0 Å². The van der Waals surface area contributed by atoms with Gasteiger partial charge in [-0.1, -0.05) is 13.8 Å². The van der Waals surface area contributed by atoms with Gasteiger partial charge in [-0.15, -0.1) is 0 Å². The molecule has 1 rings (SSSR count). The lowest BCUT2D eigenvalue weighted by atomic mass is 9.88. The van der Waals surface area contributed by atoms with Crippen LogP contribution in [0, 0.1) is 11.8 Å². The summed E-state index contributed by atoms with van der Waals surface area (Å²) in [6.07, 6.45) is -6.06. The number of Topliss-reactive ketones (excluding diaryl/α,β-unsaturated/α-hetero) is 2. The number of methoxy groups -OCH3 is 1. The SMILES string of the molecule is CN[C@H](C(=O)C[C@@H](CCC(=O)NCC1O[C@@H](OC)[C@H](O)[C@@H](O)[C@@H]1O)C(C)=O)C(C)C. The van der Waals surface area contributed by atoms with Crippen molar-refractivity contribution in [1.82, 2.24) is 10.6 Å². The molecule has 174 valence electrons. The van der Waals surface area contributed by atoms with Crippen molar-refractivity contribution in [2.24, 2.45) is 11.8 Å². The number of ketones is 2. The molecule has 1 heterocycles. The second-order valence-electron chi connectivity index (χ2n) is 8.08. The zero-order chi connectivity index (χ0) is 23.0. The molecule has 0 aromatic carbocycles. The topological polar surface area (TPSA) is 154 Å². The third kappa shape index (κ3) is 7.36. The number of hydrogen-bond acceptors (Lipinski definition) is 9. The Balaban J connectivity index is 2.55. The Morgan fingerprint density at radius 2 is 1.73 bits per heavy atom. The molecule has 5 N–H and O–H groups in total. The molecule has 1 saturated heterocycles.